The van der Waals surface area contributed by atoms with E-state index < -0.39 is 0 Å². The lowest BCUT2D eigenvalue weighted by Crippen LogP contribution is -2.03. The zero-order valence-electron chi connectivity index (χ0n) is 8.51. The molecule has 0 atom stereocenters. The minimum absolute atomic E-state index is 0.643. The second-order valence-electron chi connectivity index (χ2n) is 3.23. The zero-order chi connectivity index (χ0) is 10.5. The summed E-state index contributed by atoms with van der Waals surface area (Å²) in [5.74, 6) is 0.862. The molecule has 4 nitrogen and oxygen atoms in total. The van der Waals surface area contributed by atoms with E-state index in [0.29, 0.717) is 6.54 Å². The van der Waals surface area contributed by atoms with E-state index in [1.165, 1.54) is 0 Å². The van der Waals surface area contributed by atoms with Gasteiger partial charge < -0.3 is 5.32 Å². The molecule has 0 radical (unpaired) electrons. The highest BCUT2D eigenvalue weighted by molar-refractivity contribution is 5.35. The summed E-state index contributed by atoms with van der Waals surface area (Å²) >= 11 is 0. The Morgan fingerprint density at radius 3 is 2.87 bits per heavy atom. The van der Waals surface area contributed by atoms with Crippen LogP contribution in [0.15, 0.2) is 36.5 Å². The Kier molecular flexibility index (Phi) is 2.88. The second-order valence-corrected chi connectivity index (χ2v) is 3.23. The number of nitrogens with zero attached hydrogens (tertiary/aromatic N) is 3. The summed E-state index contributed by atoms with van der Waals surface area (Å²) in [6, 6.07) is 9.67. The highest BCUT2D eigenvalue weighted by atomic mass is 15.1. The second kappa shape index (κ2) is 4.50. The van der Waals surface area contributed by atoms with E-state index in [9.17, 15) is 0 Å². The molecule has 2 aromatic heterocycles. The Morgan fingerprint density at radius 2 is 2.13 bits per heavy atom. The molecule has 0 aliphatic carbocycles. The van der Waals surface area contributed by atoms with Gasteiger partial charge in [-0.25, -0.2) is 4.98 Å². The van der Waals surface area contributed by atoms with Crippen LogP contribution in [0.4, 0.5) is 5.82 Å². The standard InChI is InChI=1S/C11H12N4/c1-9-4-2-6-11(14-9)12-8-10-5-3-7-13-15-10/h2-7H,8H2,1H3,(H,12,14). The first kappa shape index (κ1) is 9.58. The van der Waals surface area contributed by atoms with Crippen LogP contribution in [-0.4, -0.2) is 15.2 Å². The van der Waals surface area contributed by atoms with Gasteiger partial charge in [0, 0.05) is 11.9 Å². The Morgan fingerprint density at radius 1 is 1.20 bits per heavy atom. The number of aryl methyl sites for hydroxylation is 1. The van der Waals surface area contributed by atoms with E-state index in [-0.39, 0.29) is 0 Å². The Bertz CT molecular complexity index is 428. The summed E-state index contributed by atoms with van der Waals surface area (Å²) in [7, 11) is 0. The minimum Gasteiger partial charge on any atom is -0.364 e. The lowest BCUT2D eigenvalue weighted by atomic mass is 10.3. The third kappa shape index (κ3) is 2.74. The highest BCUT2D eigenvalue weighted by Gasteiger charge is 1.95. The van der Waals surface area contributed by atoms with Crippen LogP contribution in [0, 0.1) is 6.92 Å². The number of hydrogen-bond acceptors (Lipinski definition) is 4. The molecule has 0 bridgehead atoms. The van der Waals surface area contributed by atoms with Crippen LogP contribution in [0.25, 0.3) is 0 Å². The van der Waals surface area contributed by atoms with E-state index in [1.807, 2.05) is 37.3 Å². The molecule has 1 N–H and O–H groups in total. The fraction of sp³-hybridized carbons (Fsp3) is 0.182. The maximum Gasteiger partial charge on any atom is 0.126 e. The predicted molar refractivity (Wildman–Crippen MR) is 58.3 cm³/mol. The lowest BCUT2D eigenvalue weighted by Gasteiger charge is -2.04. The molecule has 0 spiro atoms. The summed E-state index contributed by atoms with van der Waals surface area (Å²) in [5, 5.41) is 11.0. The summed E-state index contributed by atoms with van der Waals surface area (Å²) < 4.78 is 0. The third-order valence-electron chi connectivity index (χ3n) is 1.97. The quantitative estimate of drug-likeness (QED) is 0.820. The van der Waals surface area contributed by atoms with Gasteiger partial charge in [0.05, 0.1) is 12.2 Å². The summed E-state index contributed by atoms with van der Waals surface area (Å²) in [4.78, 5) is 4.33. The van der Waals surface area contributed by atoms with Gasteiger partial charge in [-0.15, -0.1) is 0 Å². The molecule has 76 valence electrons. The van der Waals surface area contributed by atoms with E-state index in [4.69, 9.17) is 0 Å². The van der Waals surface area contributed by atoms with Crippen molar-refractivity contribution in [1.29, 1.82) is 0 Å². The zero-order valence-corrected chi connectivity index (χ0v) is 8.51. The molecule has 0 amide bonds. The number of nitrogens with one attached hydrogen (secondary N) is 1. The number of rotatable bonds is 3. The third-order valence-corrected chi connectivity index (χ3v) is 1.97. The van der Waals surface area contributed by atoms with E-state index in [0.717, 1.165) is 17.2 Å². The van der Waals surface area contributed by atoms with Crippen LogP contribution < -0.4 is 5.32 Å². The average Bonchev–Trinajstić information content (AvgIpc) is 2.28. The molecular weight excluding hydrogens is 188 g/mol. The van der Waals surface area contributed by atoms with Crippen molar-refractivity contribution in [3.63, 3.8) is 0 Å². The van der Waals surface area contributed by atoms with Crippen molar-refractivity contribution in [3.05, 3.63) is 47.9 Å². The minimum atomic E-state index is 0.643. The summed E-state index contributed by atoms with van der Waals surface area (Å²) in [6.45, 7) is 2.61. The maximum atomic E-state index is 4.33. The van der Waals surface area contributed by atoms with Gasteiger partial charge in [0.1, 0.15) is 5.82 Å². The monoisotopic (exact) mass is 200 g/mol. The van der Waals surface area contributed by atoms with E-state index >= 15 is 0 Å². The molecule has 2 heterocycles. The number of hydrogen-bond donors (Lipinski definition) is 1. The average molecular weight is 200 g/mol. The number of aromatic nitrogens is 3. The van der Waals surface area contributed by atoms with Gasteiger partial charge in [0.2, 0.25) is 0 Å². The van der Waals surface area contributed by atoms with Crippen LogP contribution in [-0.2, 0) is 6.54 Å². The molecule has 0 aliphatic rings. The van der Waals surface area contributed by atoms with Gasteiger partial charge in [-0.2, -0.15) is 10.2 Å². The van der Waals surface area contributed by atoms with Crippen molar-refractivity contribution in [1.82, 2.24) is 15.2 Å². The molecular formula is C11H12N4. The maximum absolute atomic E-state index is 4.33. The van der Waals surface area contributed by atoms with Gasteiger partial charge in [0.25, 0.3) is 0 Å². The molecule has 0 aromatic carbocycles. The lowest BCUT2D eigenvalue weighted by molar-refractivity contribution is 0.919. The van der Waals surface area contributed by atoms with Gasteiger partial charge in [-0.1, -0.05) is 6.07 Å². The first-order valence-electron chi connectivity index (χ1n) is 4.79. The highest BCUT2D eigenvalue weighted by Crippen LogP contribution is 2.05. The SMILES string of the molecule is Cc1cccc(NCc2cccnn2)n1. The van der Waals surface area contributed by atoms with Crippen molar-refractivity contribution in [2.75, 3.05) is 5.32 Å². The smallest absolute Gasteiger partial charge is 0.126 e. The van der Waals surface area contributed by atoms with Crippen LogP contribution in [0.3, 0.4) is 0 Å². The predicted octanol–water partition coefficient (Wildman–Crippen LogP) is 1.79. The van der Waals surface area contributed by atoms with E-state index in [1.54, 1.807) is 6.20 Å². The number of anilines is 1. The Hall–Kier alpha value is -1.97. The normalized spacial score (nSPS) is 9.93. The van der Waals surface area contributed by atoms with Gasteiger partial charge >= 0.3 is 0 Å². The van der Waals surface area contributed by atoms with Crippen LogP contribution >= 0.6 is 0 Å². The number of pyridine rings is 1. The van der Waals surface area contributed by atoms with Crippen molar-refractivity contribution < 1.29 is 0 Å². The van der Waals surface area contributed by atoms with Crippen molar-refractivity contribution in [2.45, 2.75) is 13.5 Å². The van der Waals surface area contributed by atoms with Crippen LogP contribution in [0.1, 0.15) is 11.4 Å². The van der Waals surface area contributed by atoms with E-state index in [2.05, 4.69) is 20.5 Å². The molecule has 0 unspecified atom stereocenters. The molecule has 15 heavy (non-hydrogen) atoms. The largest absolute Gasteiger partial charge is 0.364 e. The van der Waals surface area contributed by atoms with Gasteiger partial charge in [-0.3, -0.25) is 0 Å². The fourth-order valence-corrected chi connectivity index (χ4v) is 1.25. The molecule has 0 saturated carbocycles. The topological polar surface area (TPSA) is 50.7 Å². The Balaban J connectivity index is 1.99. The molecule has 0 fully saturated rings. The molecule has 0 aliphatic heterocycles. The summed E-state index contributed by atoms with van der Waals surface area (Å²) in [5.41, 5.74) is 1.90. The molecule has 0 saturated heterocycles. The first-order valence-corrected chi connectivity index (χ1v) is 4.79. The molecule has 2 aromatic rings. The summed E-state index contributed by atoms with van der Waals surface area (Å²) in [6.07, 6.45) is 1.66. The fourth-order valence-electron chi connectivity index (χ4n) is 1.25. The molecule has 2 rings (SSSR count). The van der Waals surface area contributed by atoms with Crippen LogP contribution in [0.5, 0.6) is 0 Å². The van der Waals surface area contributed by atoms with Crippen molar-refractivity contribution >= 4 is 5.82 Å². The van der Waals surface area contributed by atoms with Crippen molar-refractivity contribution in [2.24, 2.45) is 0 Å². The van der Waals surface area contributed by atoms with Crippen molar-refractivity contribution in [3.8, 4) is 0 Å². The Labute approximate surface area is 88.4 Å². The van der Waals surface area contributed by atoms with Gasteiger partial charge in [-0.05, 0) is 31.2 Å². The van der Waals surface area contributed by atoms with Gasteiger partial charge in [0.15, 0.2) is 0 Å². The van der Waals surface area contributed by atoms with Crippen LogP contribution in [0.2, 0.25) is 0 Å². The molecule has 4 heteroatoms. The first-order chi connectivity index (χ1) is 7.34.